The number of rotatable bonds is 0. The van der Waals surface area contributed by atoms with E-state index in [9.17, 15) is 0 Å². The summed E-state index contributed by atoms with van der Waals surface area (Å²) in [4.78, 5) is 0. The van der Waals surface area contributed by atoms with Gasteiger partial charge < -0.3 is 9.47 Å². The van der Waals surface area contributed by atoms with Gasteiger partial charge in [0.2, 0.25) is 0 Å². The first-order valence-electron chi connectivity index (χ1n) is 4.94. The average molecular weight is 170 g/mol. The topological polar surface area (TPSA) is 18.5 Å². The summed E-state index contributed by atoms with van der Waals surface area (Å²) in [5.74, 6) is 0.332. The van der Waals surface area contributed by atoms with Crippen LogP contribution in [0.1, 0.15) is 40.0 Å². The van der Waals surface area contributed by atoms with Crippen LogP contribution in [0, 0.1) is 5.92 Å². The highest BCUT2D eigenvalue weighted by Crippen LogP contribution is 2.39. The lowest BCUT2D eigenvalue weighted by Gasteiger charge is -2.28. The van der Waals surface area contributed by atoms with E-state index in [1.165, 1.54) is 19.3 Å². The molecule has 1 saturated carbocycles. The van der Waals surface area contributed by atoms with Crippen molar-refractivity contribution >= 4 is 0 Å². The smallest absolute Gasteiger partial charge is 0.163 e. The van der Waals surface area contributed by atoms with Crippen molar-refractivity contribution < 1.29 is 9.47 Å². The van der Waals surface area contributed by atoms with Crippen molar-refractivity contribution in [3.8, 4) is 0 Å². The maximum absolute atomic E-state index is 5.84. The van der Waals surface area contributed by atoms with Crippen LogP contribution in [-0.4, -0.2) is 18.0 Å². The van der Waals surface area contributed by atoms with Gasteiger partial charge in [0.15, 0.2) is 5.79 Å². The van der Waals surface area contributed by atoms with Gasteiger partial charge in [-0.05, 0) is 32.6 Å². The molecule has 2 fully saturated rings. The Bertz CT molecular complexity index is 177. The highest BCUT2D eigenvalue weighted by atomic mass is 16.8. The molecule has 2 aliphatic rings. The van der Waals surface area contributed by atoms with Crippen LogP contribution in [-0.2, 0) is 9.47 Å². The highest BCUT2D eigenvalue weighted by molar-refractivity contribution is 4.88. The molecule has 3 atom stereocenters. The van der Waals surface area contributed by atoms with E-state index >= 15 is 0 Å². The number of hydrogen-bond donors (Lipinski definition) is 0. The molecule has 0 aromatic heterocycles. The molecule has 1 heterocycles. The molecular weight excluding hydrogens is 152 g/mol. The lowest BCUT2D eigenvalue weighted by Crippen LogP contribution is -2.33. The molecule has 0 N–H and O–H groups in total. The molecule has 12 heavy (non-hydrogen) atoms. The van der Waals surface area contributed by atoms with E-state index in [0.29, 0.717) is 18.1 Å². The minimum Gasteiger partial charge on any atom is -0.345 e. The zero-order chi connectivity index (χ0) is 8.77. The molecule has 70 valence electrons. The summed E-state index contributed by atoms with van der Waals surface area (Å²) in [6, 6.07) is 0. The third kappa shape index (κ3) is 1.38. The Kier molecular flexibility index (Phi) is 1.92. The van der Waals surface area contributed by atoms with Crippen LogP contribution in [0.3, 0.4) is 0 Å². The fraction of sp³-hybridized carbons (Fsp3) is 1.00. The summed E-state index contributed by atoms with van der Waals surface area (Å²) in [5, 5.41) is 0. The number of hydrogen-bond acceptors (Lipinski definition) is 2. The van der Waals surface area contributed by atoms with Gasteiger partial charge >= 0.3 is 0 Å². The van der Waals surface area contributed by atoms with Crippen LogP contribution in [0.25, 0.3) is 0 Å². The Morgan fingerprint density at radius 2 is 1.92 bits per heavy atom. The molecule has 0 amide bonds. The second kappa shape index (κ2) is 2.71. The van der Waals surface area contributed by atoms with Crippen molar-refractivity contribution in [2.75, 3.05) is 0 Å². The minimum atomic E-state index is -0.339. The third-order valence-corrected chi connectivity index (χ3v) is 2.93. The third-order valence-electron chi connectivity index (χ3n) is 2.93. The molecule has 0 aromatic carbocycles. The van der Waals surface area contributed by atoms with Crippen molar-refractivity contribution in [1.29, 1.82) is 0 Å². The molecule has 0 bridgehead atoms. The van der Waals surface area contributed by atoms with Crippen LogP contribution < -0.4 is 0 Å². The summed E-state index contributed by atoms with van der Waals surface area (Å²) in [7, 11) is 0. The Morgan fingerprint density at radius 1 is 1.17 bits per heavy atom. The predicted molar refractivity (Wildman–Crippen MR) is 46.8 cm³/mol. The van der Waals surface area contributed by atoms with Crippen molar-refractivity contribution in [3.05, 3.63) is 0 Å². The fourth-order valence-electron chi connectivity index (χ4n) is 2.37. The van der Waals surface area contributed by atoms with Crippen LogP contribution in [0.5, 0.6) is 0 Å². The Balaban J connectivity index is 2.09. The monoisotopic (exact) mass is 170 g/mol. The summed E-state index contributed by atoms with van der Waals surface area (Å²) in [6.07, 6.45) is 4.48. The summed E-state index contributed by atoms with van der Waals surface area (Å²) >= 11 is 0. The number of fused-ring (bicyclic) bond motifs is 1. The van der Waals surface area contributed by atoms with Crippen molar-refractivity contribution in [3.63, 3.8) is 0 Å². The molecule has 2 heteroatoms. The van der Waals surface area contributed by atoms with E-state index in [0.717, 1.165) is 0 Å². The van der Waals surface area contributed by atoms with Crippen LogP contribution in [0.4, 0.5) is 0 Å². The van der Waals surface area contributed by atoms with E-state index in [1.807, 2.05) is 13.8 Å². The molecule has 1 aliphatic heterocycles. The second-order valence-electron chi connectivity index (χ2n) is 4.55. The first-order valence-corrected chi connectivity index (χ1v) is 4.94. The van der Waals surface area contributed by atoms with Gasteiger partial charge in [-0.3, -0.25) is 0 Å². The normalized spacial score (nSPS) is 45.8. The standard InChI is InChI=1S/C10H18O2/c1-7-5-4-6-8-9(7)12-10(2,3)11-8/h7-9H,4-6H2,1-3H3. The van der Waals surface area contributed by atoms with E-state index in [1.54, 1.807) is 0 Å². The van der Waals surface area contributed by atoms with Gasteiger partial charge in [-0.2, -0.15) is 0 Å². The first-order chi connectivity index (χ1) is 5.58. The van der Waals surface area contributed by atoms with E-state index in [-0.39, 0.29) is 5.79 Å². The maximum atomic E-state index is 5.84. The average Bonchev–Trinajstić information content (AvgIpc) is 2.25. The molecule has 2 nitrogen and oxygen atoms in total. The molecule has 2 rings (SSSR count). The van der Waals surface area contributed by atoms with Gasteiger partial charge in [-0.1, -0.05) is 13.3 Å². The predicted octanol–water partition coefficient (Wildman–Crippen LogP) is 2.33. The van der Waals surface area contributed by atoms with Crippen molar-refractivity contribution in [2.45, 2.75) is 58.0 Å². The molecule has 0 radical (unpaired) electrons. The number of ether oxygens (including phenoxy) is 2. The summed E-state index contributed by atoms with van der Waals surface area (Å²) in [6.45, 7) is 6.29. The maximum Gasteiger partial charge on any atom is 0.163 e. The second-order valence-corrected chi connectivity index (χ2v) is 4.55. The van der Waals surface area contributed by atoms with Gasteiger partial charge in [0.05, 0.1) is 12.2 Å². The fourth-order valence-corrected chi connectivity index (χ4v) is 2.37. The zero-order valence-electron chi connectivity index (χ0n) is 8.17. The highest BCUT2D eigenvalue weighted by Gasteiger charge is 2.45. The Morgan fingerprint density at radius 3 is 2.58 bits per heavy atom. The van der Waals surface area contributed by atoms with Gasteiger partial charge in [-0.15, -0.1) is 0 Å². The largest absolute Gasteiger partial charge is 0.345 e. The van der Waals surface area contributed by atoms with E-state index in [4.69, 9.17) is 9.47 Å². The van der Waals surface area contributed by atoms with E-state index < -0.39 is 0 Å². The van der Waals surface area contributed by atoms with Crippen molar-refractivity contribution in [1.82, 2.24) is 0 Å². The molecule has 0 spiro atoms. The Labute approximate surface area is 74.2 Å². The van der Waals surface area contributed by atoms with Crippen molar-refractivity contribution in [2.24, 2.45) is 5.92 Å². The lowest BCUT2D eigenvalue weighted by atomic mass is 9.86. The first kappa shape index (κ1) is 8.52. The van der Waals surface area contributed by atoms with Crippen LogP contribution in [0.15, 0.2) is 0 Å². The SMILES string of the molecule is CC1CCCC2OC(C)(C)OC12. The lowest BCUT2D eigenvalue weighted by molar-refractivity contribution is -0.148. The van der Waals surface area contributed by atoms with Gasteiger partial charge in [0, 0.05) is 0 Å². The molecular formula is C10H18O2. The van der Waals surface area contributed by atoms with Gasteiger partial charge in [-0.25, -0.2) is 0 Å². The van der Waals surface area contributed by atoms with Crippen LogP contribution in [0.2, 0.25) is 0 Å². The zero-order valence-corrected chi connectivity index (χ0v) is 8.17. The molecule has 1 aliphatic carbocycles. The summed E-state index contributed by atoms with van der Waals surface area (Å²) < 4.78 is 11.6. The molecule has 1 saturated heterocycles. The summed E-state index contributed by atoms with van der Waals surface area (Å²) in [5.41, 5.74) is 0. The van der Waals surface area contributed by atoms with Crippen LogP contribution >= 0.6 is 0 Å². The van der Waals surface area contributed by atoms with Gasteiger partial charge in [0.1, 0.15) is 0 Å². The Hall–Kier alpha value is -0.0800. The molecule has 3 unspecified atom stereocenters. The van der Waals surface area contributed by atoms with E-state index in [2.05, 4.69) is 6.92 Å². The minimum absolute atomic E-state index is 0.339. The molecule has 0 aromatic rings. The van der Waals surface area contributed by atoms with Gasteiger partial charge in [0.25, 0.3) is 0 Å². The quantitative estimate of drug-likeness (QED) is 0.555.